The third kappa shape index (κ3) is 5.65. The average molecular weight is 331 g/mol. The molecule has 0 radical (unpaired) electrons. The fourth-order valence-corrected chi connectivity index (χ4v) is 2.13. The van der Waals surface area contributed by atoms with E-state index in [-0.39, 0.29) is 23.3 Å². The normalized spacial score (nSPS) is 10.0. The Bertz CT molecular complexity index is 563. The van der Waals surface area contributed by atoms with Crippen LogP contribution in [0.2, 0.25) is 5.02 Å². The molecule has 0 saturated heterocycles. The molecule has 0 aromatic heterocycles. The van der Waals surface area contributed by atoms with E-state index >= 15 is 0 Å². The van der Waals surface area contributed by atoms with E-state index in [1.165, 1.54) is 17.0 Å². The Balaban J connectivity index is 2.74. The Morgan fingerprint density at radius 2 is 1.95 bits per heavy atom. The fourth-order valence-electron chi connectivity index (χ4n) is 1.43. The van der Waals surface area contributed by atoms with Crippen molar-refractivity contribution in [2.75, 3.05) is 30.9 Å². The highest BCUT2D eigenvalue weighted by Gasteiger charge is 2.12. The molecule has 0 atom stereocenters. The summed E-state index contributed by atoms with van der Waals surface area (Å²) in [7, 11) is 3.25. The van der Waals surface area contributed by atoms with Gasteiger partial charge >= 0.3 is 5.97 Å². The quantitative estimate of drug-likeness (QED) is 0.830. The lowest BCUT2D eigenvalue weighted by molar-refractivity contribution is -0.133. The van der Waals surface area contributed by atoms with E-state index in [2.05, 4.69) is 5.32 Å². The van der Waals surface area contributed by atoms with Crippen molar-refractivity contribution in [3.63, 3.8) is 0 Å². The summed E-state index contributed by atoms with van der Waals surface area (Å²) in [4.78, 5) is 35.3. The molecule has 0 spiro atoms. The summed E-state index contributed by atoms with van der Waals surface area (Å²) in [5, 5.41) is 11.4. The van der Waals surface area contributed by atoms with Gasteiger partial charge in [0.15, 0.2) is 0 Å². The van der Waals surface area contributed by atoms with E-state index in [1.807, 2.05) is 0 Å². The predicted octanol–water partition coefficient (Wildman–Crippen LogP) is 1.80. The first-order chi connectivity index (χ1) is 9.81. The first-order valence-corrected chi connectivity index (χ1v) is 7.45. The van der Waals surface area contributed by atoms with Crippen LogP contribution in [0.25, 0.3) is 0 Å². The van der Waals surface area contributed by atoms with Crippen molar-refractivity contribution in [1.29, 1.82) is 0 Å². The minimum absolute atomic E-state index is 0.00547. The van der Waals surface area contributed by atoms with Gasteiger partial charge < -0.3 is 15.3 Å². The van der Waals surface area contributed by atoms with Crippen LogP contribution in [0, 0.1) is 0 Å². The van der Waals surface area contributed by atoms with Crippen LogP contribution in [0.1, 0.15) is 10.4 Å². The molecule has 21 heavy (non-hydrogen) atoms. The van der Waals surface area contributed by atoms with Gasteiger partial charge in [-0.25, -0.2) is 0 Å². The van der Waals surface area contributed by atoms with Gasteiger partial charge in [-0.2, -0.15) is 0 Å². The highest BCUT2D eigenvalue weighted by molar-refractivity contribution is 8.00. The molecule has 8 heteroatoms. The van der Waals surface area contributed by atoms with E-state index < -0.39 is 5.97 Å². The van der Waals surface area contributed by atoms with Crippen molar-refractivity contribution in [3.05, 3.63) is 28.8 Å². The number of hydrogen-bond donors (Lipinski definition) is 2. The predicted molar refractivity (Wildman–Crippen MR) is 83.1 cm³/mol. The van der Waals surface area contributed by atoms with E-state index in [1.54, 1.807) is 20.2 Å². The van der Waals surface area contributed by atoms with Gasteiger partial charge in [-0.05, 0) is 18.2 Å². The maximum atomic E-state index is 11.8. The molecule has 114 valence electrons. The number of hydrogen-bond acceptors (Lipinski definition) is 4. The number of halogens is 1. The molecule has 6 nitrogen and oxygen atoms in total. The zero-order valence-electron chi connectivity index (χ0n) is 11.6. The summed E-state index contributed by atoms with van der Waals surface area (Å²) in [6.07, 6.45) is 0. The Morgan fingerprint density at radius 3 is 2.52 bits per heavy atom. The van der Waals surface area contributed by atoms with Gasteiger partial charge in [0, 0.05) is 19.7 Å². The van der Waals surface area contributed by atoms with Crippen molar-refractivity contribution in [3.8, 4) is 0 Å². The molecule has 0 bridgehead atoms. The van der Waals surface area contributed by atoms with Crippen LogP contribution in [0.5, 0.6) is 0 Å². The summed E-state index contributed by atoms with van der Waals surface area (Å²) < 4.78 is 0. The summed E-state index contributed by atoms with van der Waals surface area (Å²) in [5.41, 5.74) is 0.725. The van der Waals surface area contributed by atoms with Gasteiger partial charge in [-0.3, -0.25) is 14.4 Å². The molecule has 0 aliphatic rings. The molecular formula is C13H15ClN2O4S. The van der Waals surface area contributed by atoms with Crippen molar-refractivity contribution in [2.45, 2.75) is 0 Å². The van der Waals surface area contributed by atoms with Crippen molar-refractivity contribution < 1.29 is 19.5 Å². The summed E-state index contributed by atoms with van der Waals surface area (Å²) in [5.74, 6) is -1.72. The Labute approximate surface area is 131 Å². The van der Waals surface area contributed by atoms with E-state index in [0.29, 0.717) is 16.3 Å². The van der Waals surface area contributed by atoms with Crippen molar-refractivity contribution >= 4 is 46.8 Å². The first kappa shape index (κ1) is 17.3. The Hall–Kier alpha value is -1.73. The van der Waals surface area contributed by atoms with E-state index in [9.17, 15) is 14.4 Å². The minimum atomic E-state index is -0.982. The summed E-state index contributed by atoms with van der Waals surface area (Å²) in [6.45, 7) is 0. The molecule has 2 N–H and O–H groups in total. The van der Waals surface area contributed by atoms with Gasteiger partial charge in [0.2, 0.25) is 5.91 Å². The van der Waals surface area contributed by atoms with Crippen molar-refractivity contribution in [2.24, 2.45) is 0 Å². The van der Waals surface area contributed by atoms with E-state index in [4.69, 9.17) is 16.7 Å². The second-order valence-electron chi connectivity index (χ2n) is 4.33. The van der Waals surface area contributed by atoms with Crippen LogP contribution in [-0.2, 0) is 9.59 Å². The molecule has 2 amide bonds. The third-order valence-corrected chi connectivity index (χ3v) is 3.60. The Morgan fingerprint density at radius 1 is 1.29 bits per heavy atom. The maximum absolute atomic E-state index is 11.8. The molecule has 0 aliphatic carbocycles. The SMILES string of the molecule is CN(C)C(=O)c1ccc(Cl)c(NC(=O)CSCC(=O)O)c1. The number of carbonyl (C=O) groups excluding carboxylic acids is 2. The van der Waals surface area contributed by atoms with Crippen LogP contribution in [0.15, 0.2) is 18.2 Å². The second-order valence-corrected chi connectivity index (χ2v) is 5.72. The molecule has 1 rings (SSSR count). The number of carboxylic acid groups (broad SMARTS) is 1. The number of anilines is 1. The fraction of sp³-hybridized carbons (Fsp3) is 0.308. The topological polar surface area (TPSA) is 86.7 Å². The Kier molecular flexibility index (Phi) is 6.51. The number of aliphatic carboxylic acids is 1. The van der Waals surface area contributed by atoms with Gasteiger partial charge in [0.1, 0.15) is 0 Å². The zero-order valence-corrected chi connectivity index (χ0v) is 13.1. The van der Waals surface area contributed by atoms with E-state index in [0.717, 1.165) is 11.8 Å². The number of nitrogens with one attached hydrogen (secondary N) is 1. The molecular weight excluding hydrogens is 316 g/mol. The van der Waals surface area contributed by atoms with Crippen LogP contribution < -0.4 is 5.32 Å². The van der Waals surface area contributed by atoms with Crippen LogP contribution in [-0.4, -0.2) is 53.4 Å². The summed E-state index contributed by atoms with van der Waals surface area (Å²) >= 11 is 6.95. The standard InChI is InChI=1S/C13H15ClN2O4S/c1-16(2)13(20)8-3-4-9(14)10(5-8)15-11(17)6-21-7-12(18)19/h3-5H,6-7H2,1-2H3,(H,15,17)(H,18,19). The van der Waals surface area contributed by atoms with Gasteiger partial charge in [-0.1, -0.05) is 11.6 Å². The smallest absolute Gasteiger partial charge is 0.313 e. The highest BCUT2D eigenvalue weighted by atomic mass is 35.5. The molecule has 0 heterocycles. The number of carbonyl (C=O) groups is 3. The maximum Gasteiger partial charge on any atom is 0.313 e. The second kappa shape index (κ2) is 7.90. The van der Waals surface area contributed by atoms with Gasteiger partial charge in [-0.15, -0.1) is 11.8 Å². The number of amides is 2. The van der Waals surface area contributed by atoms with Crippen molar-refractivity contribution in [1.82, 2.24) is 4.90 Å². The number of thioether (sulfide) groups is 1. The van der Waals surface area contributed by atoms with Gasteiger partial charge in [0.25, 0.3) is 5.91 Å². The number of benzene rings is 1. The zero-order chi connectivity index (χ0) is 16.0. The summed E-state index contributed by atoms with van der Waals surface area (Å²) in [6, 6.07) is 4.59. The first-order valence-electron chi connectivity index (χ1n) is 5.92. The third-order valence-electron chi connectivity index (χ3n) is 2.35. The van der Waals surface area contributed by atoms with Crippen LogP contribution in [0.4, 0.5) is 5.69 Å². The highest BCUT2D eigenvalue weighted by Crippen LogP contribution is 2.23. The number of nitrogens with zero attached hydrogens (tertiary/aromatic N) is 1. The largest absolute Gasteiger partial charge is 0.481 e. The van der Waals surface area contributed by atoms with Crippen LogP contribution >= 0.6 is 23.4 Å². The molecule has 1 aromatic rings. The van der Waals surface area contributed by atoms with Gasteiger partial charge in [0.05, 0.1) is 22.2 Å². The monoisotopic (exact) mass is 330 g/mol. The molecule has 0 saturated carbocycles. The lowest BCUT2D eigenvalue weighted by Gasteiger charge is -2.12. The lowest BCUT2D eigenvalue weighted by Crippen LogP contribution is -2.22. The molecule has 0 aliphatic heterocycles. The molecule has 0 unspecified atom stereocenters. The minimum Gasteiger partial charge on any atom is -0.481 e. The molecule has 1 aromatic carbocycles. The number of rotatable bonds is 6. The number of carboxylic acids is 1. The lowest BCUT2D eigenvalue weighted by atomic mass is 10.2. The molecule has 0 fully saturated rings. The van der Waals surface area contributed by atoms with Crippen LogP contribution in [0.3, 0.4) is 0 Å². The average Bonchev–Trinajstić information content (AvgIpc) is 2.39.